The molecule has 11 heteroatoms. The summed E-state index contributed by atoms with van der Waals surface area (Å²) in [7, 11) is 0. The number of rotatable bonds is 9. The van der Waals surface area contributed by atoms with Crippen molar-refractivity contribution in [1.82, 2.24) is 14.1 Å². The van der Waals surface area contributed by atoms with Gasteiger partial charge in [0.05, 0.1) is 26.4 Å². The van der Waals surface area contributed by atoms with E-state index in [0.29, 0.717) is 30.5 Å². The summed E-state index contributed by atoms with van der Waals surface area (Å²) in [6.45, 7) is 10.6. The highest BCUT2D eigenvalue weighted by molar-refractivity contribution is 6.30. The molecule has 1 aromatic heterocycles. The molecule has 1 N–H and O–H groups in total. The molecular weight excluding hydrogens is 527 g/mol. The smallest absolute Gasteiger partial charge is 0.354 e. The van der Waals surface area contributed by atoms with Gasteiger partial charge in [-0.15, -0.1) is 0 Å². The number of nitrogens with one attached hydrogen (secondary N) is 1. The predicted octanol–water partition coefficient (Wildman–Crippen LogP) is 4.81. The van der Waals surface area contributed by atoms with Crippen molar-refractivity contribution in [3.63, 3.8) is 0 Å². The molecule has 39 heavy (non-hydrogen) atoms. The summed E-state index contributed by atoms with van der Waals surface area (Å²) in [5, 5.41) is 3.49. The maximum atomic E-state index is 14.7. The van der Waals surface area contributed by atoms with Crippen LogP contribution in [0.1, 0.15) is 40.2 Å². The Balaban J connectivity index is 1.69. The van der Waals surface area contributed by atoms with Crippen molar-refractivity contribution in [3.8, 4) is 5.75 Å². The average molecular weight is 561 g/mol. The van der Waals surface area contributed by atoms with E-state index in [-0.39, 0.29) is 30.7 Å². The molecule has 0 atom stereocenters. The minimum Gasteiger partial charge on any atom is -0.490 e. The Bertz CT molecular complexity index is 1430. The third-order valence-electron chi connectivity index (χ3n) is 6.24. The Hall–Kier alpha value is -3.21. The van der Waals surface area contributed by atoms with Gasteiger partial charge in [-0.25, -0.2) is 18.5 Å². The summed E-state index contributed by atoms with van der Waals surface area (Å²) in [5.74, 6) is -0.983. The van der Waals surface area contributed by atoms with Gasteiger partial charge in [0, 0.05) is 28.7 Å². The third-order valence-corrected chi connectivity index (χ3v) is 6.49. The van der Waals surface area contributed by atoms with Crippen molar-refractivity contribution in [3.05, 3.63) is 79.8 Å². The molecule has 1 aliphatic heterocycles. The van der Waals surface area contributed by atoms with Gasteiger partial charge in [0.25, 0.3) is 0 Å². The van der Waals surface area contributed by atoms with Crippen LogP contribution in [0.3, 0.4) is 0 Å². The van der Waals surface area contributed by atoms with Crippen LogP contribution in [0.15, 0.2) is 52.1 Å². The molecule has 4 rings (SSSR count). The van der Waals surface area contributed by atoms with Gasteiger partial charge in [-0.3, -0.25) is 4.57 Å². The van der Waals surface area contributed by atoms with Crippen molar-refractivity contribution >= 4 is 23.2 Å². The lowest BCUT2D eigenvalue weighted by Gasteiger charge is -2.41. The predicted molar refractivity (Wildman–Crippen MR) is 147 cm³/mol. The number of ether oxygens (including phenoxy) is 3. The topological polar surface area (TPSA) is 96.6 Å². The minimum atomic E-state index is -0.740. The van der Waals surface area contributed by atoms with Crippen LogP contribution in [0.25, 0.3) is 0 Å². The highest BCUT2D eigenvalue weighted by Crippen LogP contribution is 2.30. The first-order valence-electron chi connectivity index (χ1n) is 12.8. The van der Waals surface area contributed by atoms with Crippen LogP contribution in [0, 0.1) is 17.2 Å². The van der Waals surface area contributed by atoms with Gasteiger partial charge >= 0.3 is 11.4 Å². The van der Waals surface area contributed by atoms with Gasteiger partial charge < -0.3 is 19.5 Å². The highest BCUT2D eigenvalue weighted by Gasteiger charge is 2.38. The van der Waals surface area contributed by atoms with E-state index in [1.807, 2.05) is 34.6 Å². The van der Waals surface area contributed by atoms with Crippen molar-refractivity contribution in [2.24, 2.45) is 11.3 Å². The highest BCUT2D eigenvalue weighted by atomic mass is 35.5. The van der Waals surface area contributed by atoms with Crippen LogP contribution in [-0.2, 0) is 22.6 Å². The first kappa shape index (κ1) is 28.8. The monoisotopic (exact) mass is 560 g/mol. The molecule has 2 heterocycles. The second-order valence-corrected chi connectivity index (χ2v) is 11.5. The van der Waals surface area contributed by atoms with E-state index >= 15 is 0 Å². The molecule has 0 saturated carbocycles. The zero-order chi connectivity index (χ0) is 28.4. The third kappa shape index (κ3) is 7.26. The van der Waals surface area contributed by atoms with Crippen molar-refractivity contribution in [2.75, 3.05) is 25.1 Å². The van der Waals surface area contributed by atoms with E-state index in [1.165, 1.54) is 16.7 Å². The summed E-state index contributed by atoms with van der Waals surface area (Å²) >= 11 is 6.03. The van der Waals surface area contributed by atoms with Crippen LogP contribution in [0.5, 0.6) is 5.75 Å². The molecule has 3 aromatic rings. The van der Waals surface area contributed by atoms with Crippen LogP contribution < -0.4 is 21.4 Å². The van der Waals surface area contributed by atoms with E-state index in [0.717, 1.165) is 10.1 Å². The first-order chi connectivity index (χ1) is 18.3. The van der Waals surface area contributed by atoms with Crippen LogP contribution in [0.2, 0.25) is 5.02 Å². The Morgan fingerprint density at radius 2 is 1.74 bits per heavy atom. The molecule has 0 aliphatic carbocycles. The van der Waals surface area contributed by atoms with E-state index in [1.54, 1.807) is 30.3 Å². The van der Waals surface area contributed by atoms with Gasteiger partial charge in [-0.2, -0.15) is 4.98 Å². The van der Waals surface area contributed by atoms with Crippen molar-refractivity contribution in [2.45, 2.75) is 53.5 Å². The summed E-state index contributed by atoms with van der Waals surface area (Å²) < 4.78 is 34.2. The largest absolute Gasteiger partial charge is 0.490 e. The minimum absolute atomic E-state index is 0.0196. The van der Waals surface area contributed by atoms with E-state index in [2.05, 4.69) is 10.3 Å². The number of anilines is 2. The maximum absolute atomic E-state index is 14.7. The summed E-state index contributed by atoms with van der Waals surface area (Å²) in [5.41, 5.74) is -0.865. The number of benzene rings is 2. The lowest BCUT2D eigenvalue weighted by molar-refractivity contribution is -0.284. The second kappa shape index (κ2) is 11.5. The maximum Gasteiger partial charge on any atom is 0.354 e. The Kier molecular flexibility index (Phi) is 8.48. The lowest BCUT2D eigenvalue weighted by Crippen LogP contribution is -2.51. The molecule has 1 saturated heterocycles. The lowest BCUT2D eigenvalue weighted by atomic mass is 9.91. The first-order valence-corrected chi connectivity index (χ1v) is 13.2. The van der Waals surface area contributed by atoms with Gasteiger partial charge in [0.2, 0.25) is 5.95 Å². The number of hydrogen-bond acceptors (Lipinski definition) is 7. The molecule has 0 bridgehead atoms. The van der Waals surface area contributed by atoms with Crippen LogP contribution >= 0.6 is 11.6 Å². The average Bonchev–Trinajstić information content (AvgIpc) is 2.87. The standard InChI is InChI=1S/C28H34ClFN4O5/c1-18(2)14-37-23-11-10-21(12-22(23)30)31-24-32-25(35)34(15-28(5)16-38-27(3,4)39-17-28)26(36)33(24)13-19-6-8-20(29)9-7-19/h6-12,18H,13-17H2,1-5H3,(H,31,32,35). The van der Waals surface area contributed by atoms with Gasteiger partial charge in [0.1, 0.15) is 0 Å². The molecule has 1 aliphatic rings. The zero-order valence-electron chi connectivity index (χ0n) is 22.8. The van der Waals surface area contributed by atoms with Gasteiger partial charge in [-0.1, -0.05) is 44.5 Å². The van der Waals surface area contributed by atoms with Gasteiger partial charge in [-0.05, 0) is 49.6 Å². The fourth-order valence-electron chi connectivity index (χ4n) is 4.01. The fraction of sp³-hybridized carbons (Fsp3) is 0.464. The zero-order valence-corrected chi connectivity index (χ0v) is 23.5. The molecule has 0 unspecified atom stereocenters. The molecule has 0 spiro atoms. The molecule has 2 aromatic carbocycles. The summed E-state index contributed by atoms with van der Waals surface area (Å²) in [6, 6.07) is 11.3. The van der Waals surface area contributed by atoms with E-state index in [4.69, 9.17) is 25.8 Å². The fourth-order valence-corrected chi connectivity index (χ4v) is 4.13. The van der Waals surface area contributed by atoms with Gasteiger partial charge in [0.15, 0.2) is 17.4 Å². The molecule has 9 nitrogen and oxygen atoms in total. The Labute approximate surface area is 231 Å². The van der Waals surface area contributed by atoms with E-state index < -0.39 is 28.4 Å². The number of hydrogen-bond donors (Lipinski definition) is 1. The second-order valence-electron chi connectivity index (χ2n) is 11.1. The normalized spacial score (nSPS) is 16.3. The Morgan fingerprint density at radius 1 is 1.08 bits per heavy atom. The van der Waals surface area contributed by atoms with Crippen LogP contribution in [0.4, 0.5) is 16.0 Å². The van der Waals surface area contributed by atoms with Crippen molar-refractivity contribution in [1.29, 1.82) is 0 Å². The molecule has 0 amide bonds. The van der Waals surface area contributed by atoms with Crippen LogP contribution in [-0.4, -0.2) is 39.7 Å². The summed E-state index contributed by atoms with van der Waals surface area (Å²) in [6.07, 6.45) is 0. The number of halogens is 2. The molecular formula is C28H34ClFN4O5. The quantitative estimate of drug-likeness (QED) is 0.401. The summed E-state index contributed by atoms with van der Waals surface area (Å²) in [4.78, 5) is 31.0. The molecule has 210 valence electrons. The van der Waals surface area contributed by atoms with E-state index in [9.17, 15) is 14.0 Å². The molecule has 1 fully saturated rings. The Morgan fingerprint density at radius 3 is 2.36 bits per heavy atom. The number of nitrogens with zero attached hydrogens (tertiary/aromatic N) is 3. The van der Waals surface area contributed by atoms with Crippen molar-refractivity contribution < 1.29 is 18.6 Å². The molecule has 0 radical (unpaired) electrons. The number of aromatic nitrogens is 3. The SMILES string of the molecule is CC(C)COc1ccc(Nc2nc(=O)n(CC3(C)COC(C)(C)OC3)c(=O)n2Cc2ccc(Cl)cc2)cc1F.